The maximum atomic E-state index is 12.3. The van der Waals surface area contributed by atoms with Gasteiger partial charge in [-0.3, -0.25) is 4.79 Å². The van der Waals surface area contributed by atoms with Crippen LogP contribution in [0.1, 0.15) is 13.8 Å². The lowest BCUT2D eigenvalue weighted by Gasteiger charge is -2.26. The van der Waals surface area contributed by atoms with E-state index < -0.39 is 24.2 Å². The first-order chi connectivity index (χ1) is 15.4. The highest BCUT2D eigenvalue weighted by atomic mass is 19.4. The molecule has 0 unspecified atom stereocenters. The van der Waals surface area contributed by atoms with Gasteiger partial charge in [0, 0.05) is 11.9 Å². The van der Waals surface area contributed by atoms with Crippen LogP contribution in [0.2, 0.25) is 0 Å². The highest BCUT2D eigenvalue weighted by Gasteiger charge is 2.33. The molecule has 0 radical (unpaired) electrons. The van der Waals surface area contributed by atoms with Crippen molar-refractivity contribution < 1.29 is 22.7 Å². The minimum atomic E-state index is -4.52. The number of alkyl halides is 3. The Kier molecular flexibility index (Phi) is 7.99. The van der Waals surface area contributed by atoms with E-state index >= 15 is 0 Å². The smallest absolute Gasteiger partial charge is 0.405 e. The van der Waals surface area contributed by atoms with Crippen molar-refractivity contribution in [3.63, 3.8) is 0 Å². The Labute approximate surface area is 187 Å². The zero-order valence-electron chi connectivity index (χ0n) is 18.1. The Hall–Kier alpha value is -4.10. The molecule has 178 valence electrons. The summed E-state index contributed by atoms with van der Waals surface area (Å²) in [5.41, 5.74) is 10.8. The molecule has 0 aliphatic rings. The average Bonchev–Trinajstić information content (AvgIpc) is 2.71. The molecular formula is C19H24F3N9O2. The summed E-state index contributed by atoms with van der Waals surface area (Å²) in [6, 6.07) is 8.31. The molecule has 1 heterocycles. The lowest BCUT2D eigenvalue weighted by Crippen LogP contribution is -2.50. The highest BCUT2D eigenvalue weighted by molar-refractivity contribution is 6.01. The number of aromatic nitrogens is 2. The third-order valence-corrected chi connectivity index (χ3v) is 3.91. The Morgan fingerprint density at radius 2 is 1.82 bits per heavy atom. The van der Waals surface area contributed by atoms with Crippen molar-refractivity contribution in [2.24, 2.45) is 21.5 Å². The van der Waals surface area contributed by atoms with Crippen molar-refractivity contribution in [1.29, 1.82) is 0 Å². The van der Waals surface area contributed by atoms with Crippen LogP contribution in [0.5, 0.6) is 5.75 Å². The normalized spacial score (nSPS) is 12.8. The molecule has 1 amide bonds. The first kappa shape index (κ1) is 25.2. The number of hydrogen-bond donors (Lipinski definition) is 5. The van der Waals surface area contributed by atoms with Gasteiger partial charge < -0.3 is 32.2 Å². The maximum Gasteiger partial charge on any atom is 0.405 e. The number of hydrogen-bond acceptors (Lipinski definition) is 6. The molecule has 14 heteroatoms. The van der Waals surface area contributed by atoms with Gasteiger partial charge in [-0.05, 0) is 44.2 Å². The second-order valence-corrected chi connectivity index (χ2v) is 7.11. The van der Waals surface area contributed by atoms with E-state index in [0.29, 0.717) is 11.4 Å². The first-order valence-corrected chi connectivity index (χ1v) is 9.43. The van der Waals surface area contributed by atoms with Crippen molar-refractivity contribution in [3.05, 3.63) is 36.5 Å². The van der Waals surface area contributed by atoms with E-state index in [4.69, 9.17) is 16.2 Å². The summed E-state index contributed by atoms with van der Waals surface area (Å²) in [7, 11) is 1.55. The molecule has 1 aromatic carbocycles. The van der Waals surface area contributed by atoms with Crippen LogP contribution in [0.3, 0.4) is 0 Å². The maximum absolute atomic E-state index is 12.3. The number of nitrogens with zero attached hydrogens (tertiary/aromatic N) is 4. The molecule has 33 heavy (non-hydrogen) atoms. The molecule has 0 bridgehead atoms. The molecule has 0 fully saturated rings. The van der Waals surface area contributed by atoms with Gasteiger partial charge in [-0.25, -0.2) is 4.98 Å². The predicted octanol–water partition coefficient (Wildman–Crippen LogP) is 1.73. The lowest BCUT2D eigenvalue weighted by molar-refractivity contribution is -0.140. The summed E-state index contributed by atoms with van der Waals surface area (Å²) in [6.45, 7) is 1.35. The fraction of sp³-hybridized carbons (Fsp3) is 0.316. The van der Waals surface area contributed by atoms with Gasteiger partial charge in [-0.2, -0.15) is 28.1 Å². The predicted molar refractivity (Wildman–Crippen MR) is 118 cm³/mol. The molecule has 11 nitrogen and oxygen atoms in total. The highest BCUT2D eigenvalue weighted by Crippen LogP contribution is 2.17. The number of aliphatic imine (C=N–C) groups is 2. The topological polar surface area (TPSA) is 165 Å². The molecule has 0 saturated heterocycles. The Morgan fingerprint density at radius 3 is 2.42 bits per heavy atom. The van der Waals surface area contributed by atoms with Crippen molar-refractivity contribution in [3.8, 4) is 5.75 Å². The van der Waals surface area contributed by atoms with E-state index in [1.54, 1.807) is 31.4 Å². The number of halogens is 3. The molecule has 0 saturated carbocycles. The Balaban J connectivity index is 2.06. The summed E-state index contributed by atoms with van der Waals surface area (Å²) in [6.07, 6.45) is -3.20. The van der Waals surface area contributed by atoms with Gasteiger partial charge in [0.05, 0.1) is 7.11 Å². The van der Waals surface area contributed by atoms with Gasteiger partial charge in [-0.15, -0.1) is 0 Å². The summed E-state index contributed by atoms with van der Waals surface area (Å²) in [4.78, 5) is 27.9. The number of methoxy groups -OCH3 is 1. The van der Waals surface area contributed by atoms with Crippen molar-refractivity contribution in [2.75, 3.05) is 24.3 Å². The van der Waals surface area contributed by atoms with Crippen LogP contribution in [0.25, 0.3) is 0 Å². The number of amides is 1. The second-order valence-electron chi connectivity index (χ2n) is 7.11. The van der Waals surface area contributed by atoms with Crippen molar-refractivity contribution in [2.45, 2.75) is 25.6 Å². The Bertz CT molecular complexity index is 1020. The number of nitrogens with one attached hydrogen (secondary N) is 3. The fourth-order valence-electron chi connectivity index (χ4n) is 2.35. The van der Waals surface area contributed by atoms with Gasteiger partial charge in [0.1, 0.15) is 23.7 Å². The molecule has 0 atom stereocenters. The van der Waals surface area contributed by atoms with Crippen LogP contribution in [-0.2, 0) is 4.79 Å². The van der Waals surface area contributed by atoms with Gasteiger partial charge >= 0.3 is 6.18 Å². The number of guanidine groups is 2. The van der Waals surface area contributed by atoms with E-state index in [1.807, 2.05) is 5.32 Å². The van der Waals surface area contributed by atoms with Crippen LogP contribution in [-0.4, -0.2) is 53.2 Å². The Morgan fingerprint density at radius 1 is 1.15 bits per heavy atom. The standard InChI is InChI=1S/C19H24F3N9O2/c1-18(2,14(32)26-10-19(20,21)22)31-13-8-9-25-17(28-13)30-16(24)29-15(23)27-11-4-6-12(33-3)7-5-11/h4-9H,10H2,1-3H3,(H,26,32)(H6,23,24,25,27,28,29,30,31). The lowest BCUT2D eigenvalue weighted by atomic mass is 10.0. The molecule has 2 rings (SSSR count). The molecule has 2 aromatic rings. The number of benzene rings is 1. The molecular weight excluding hydrogens is 443 g/mol. The van der Waals surface area contributed by atoms with E-state index in [1.165, 1.54) is 26.1 Å². The van der Waals surface area contributed by atoms with E-state index in [-0.39, 0.29) is 23.7 Å². The number of nitrogens with two attached hydrogens (primary N) is 2. The molecule has 0 aliphatic carbocycles. The SMILES string of the molecule is COc1ccc(NC(N)=NC(N)=Nc2nccc(NC(C)(C)C(=O)NCC(F)(F)F)n2)cc1. The molecule has 0 aliphatic heterocycles. The van der Waals surface area contributed by atoms with Crippen LogP contribution in [0.15, 0.2) is 46.5 Å². The minimum absolute atomic E-state index is 0.0434. The molecule has 1 aromatic heterocycles. The van der Waals surface area contributed by atoms with Crippen molar-refractivity contribution in [1.82, 2.24) is 15.3 Å². The monoisotopic (exact) mass is 467 g/mol. The third kappa shape index (κ3) is 8.51. The molecule has 0 spiro atoms. The van der Waals surface area contributed by atoms with Gasteiger partial charge in [0.15, 0.2) is 0 Å². The van der Waals surface area contributed by atoms with Gasteiger partial charge in [0.25, 0.3) is 5.95 Å². The fourth-order valence-corrected chi connectivity index (χ4v) is 2.35. The van der Waals surface area contributed by atoms with Crippen LogP contribution < -0.4 is 32.2 Å². The quantitative estimate of drug-likeness (QED) is 0.303. The van der Waals surface area contributed by atoms with Gasteiger partial charge in [-0.1, -0.05) is 0 Å². The zero-order chi connectivity index (χ0) is 24.6. The summed E-state index contributed by atoms with van der Waals surface area (Å²) >= 11 is 0. The molecule has 7 N–H and O–H groups in total. The largest absolute Gasteiger partial charge is 0.497 e. The van der Waals surface area contributed by atoms with Gasteiger partial charge in [0.2, 0.25) is 17.8 Å². The average molecular weight is 467 g/mol. The van der Waals surface area contributed by atoms with Crippen LogP contribution in [0, 0.1) is 0 Å². The summed E-state index contributed by atoms with van der Waals surface area (Å²) < 4.78 is 42.1. The summed E-state index contributed by atoms with van der Waals surface area (Å²) in [5, 5.41) is 7.36. The zero-order valence-corrected chi connectivity index (χ0v) is 18.1. The number of ether oxygens (including phenoxy) is 1. The summed E-state index contributed by atoms with van der Waals surface area (Å²) in [5.74, 6) is -0.471. The second kappa shape index (κ2) is 10.5. The van der Waals surface area contributed by atoms with Crippen molar-refractivity contribution >= 4 is 35.3 Å². The number of rotatable bonds is 7. The van der Waals surface area contributed by atoms with E-state index in [9.17, 15) is 18.0 Å². The van der Waals surface area contributed by atoms with E-state index in [0.717, 1.165) is 0 Å². The number of carbonyl (C=O) groups is 1. The van der Waals surface area contributed by atoms with Crippen LogP contribution in [0.4, 0.5) is 30.6 Å². The first-order valence-electron chi connectivity index (χ1n) is 9.43. The minimum Gasteiger partial charge on any atom is -0.497 e. The van der Waals surface area contributed by atoms with Crippen LogP contribution >= 0.6 is 0 Å². The van der Waals surface area contributed by atoms with E-state index in [2.05, 4.69) is 30.6 Å². The third-order valence-electron chi connectivity index (χ3n) is 3.91. The number of anilines is 2. The number of carbonyl (C=O) groups excluding carboxylic acids is 1.